The third-order valence-electron chi connectivity index (χ3n) is 6.11. The normalized spacial score (nSPS) is 20.3. The third kappa shape index (κ3) is 3.59. The Bertz CT molecular complexity index is 1060. The average molecular weight is 440 g/mol. The number of aromatic nitrogens is 1. The van der Waals surface area contributed by atoms with Gasteiger partial charge in [0.1, 0.15) is 5.92 Å². The number of benzene rings is 2. The Morgan fingerprint density at radius 3 is 2.47 bits per heavy atom. The van der Waals surface area contributed by atoms with E-state index in [1.165, 1.54) is 4.70 Å². The van der Waals surface area contributed by atoms with E-state index in [0.717, 1.165) is 29.1 Å². The van der Waals surface area contributed by atoms with Crippen LogP contribution in [0.25, 0.3) is 10.2 Å². The van der Waals surface area contributed by atoms with E-state index in [2.05, 4.69) is 6.07 Å². The molecule has 0 spiro atoms. The zero-order valence-corrected chi connectivity index (χ0v) is 18.0. The number of likely N-dealkylation sites (tertiary alicyclic amines) is 1. The van der Waals surface area contributed by atoms with Crippen molar-refractivity contribution < 1.29 is 9.59 Å². The summed E-state index contributed by atoms with van der Waals surface area (Å²) in [6, 6.07) is 15.4. The molecule has 7 heteroatoms. The summed E-state index contributed by atoms with van der Waals surface area (Å²) in [7, 11) is 0. The molecule has 3 heterocycles. The van der Waals surface area contributed by atoms with E-state index < -0.39 is 5.92 Å². The number of nitrogens with zero attached hydrogens (tertiary/aromatic N) is 3. The number of thiazole rings is 1. The Hall–Kier alpha value is -2.44. The second-order valence-corrected chi connectivity index (χ2v) is 9.43. The smallest absolute Gasteiger partial charge is 0.239 e. The second-order valence-electron chi connectivity index (χ2n) is 7.93. The highest BCUT2D eigenvalue weighted by molar-refractivity contribution is 7.18. The number of halogens is 1. The van der Waals surface area contributed by atoms with Gasteiger partial charge >= 0.3 is 0 Å². The summed E-state index contributed by atoms with van der Waals surface area (Å²) < 4.78 is 1.21. The Balaban J connectivity index is 1.22. The van der Waals surface area contributed by atoms with Crippen LogP contribution in [0, 0.1) is 5.92 Å². The van der Waals surface area contributed by atoms with Gasteiger partial charge in [-0.25, -0.2) is 4.98 Å². The molecule has 5 nitrogen and oxygen atoms in total. The van der Waals surface area contributed by atoms with Crippen molar-refractivity contribution in [3.8, 4) is 0 Å². The molecular weight excluding hydrogens is 418 g/mol. The number of amides is 2. The quantitative estimate of drug-likeness (QED) is 0.555. The molecule has 0 N–H and O–H groups in total. The van der Waals surface area contributed by atoms with E-state index in [4.69, 9.17) is 16.6 Å². The average Bonchev–Trinajstić information content (AvgIpc) is 3.38. The summed E-state index contributed by atoms with van der Waals surface area (Å²) >= 11 is 7.70. The highest BCUT2D eigenvalue weighted by atomic mass is 35.5. The third-order valence-corrected chi connectivity index (χ3v) is 7.56. The van der Waals surface area contributed by atoms with Gasteiger partial charge in [-0.1, -0.05) is 23.7 Å². The summed E-state index contributed by atoms with van der Waals surface area (Å²) in [6.45, 7) is 1.94. The van der Waals surface area contributed by atoms with Crippen LogP contribution in [0.2, 0.25) is 5.02 Å². The van der Waals surface area contributed by atoms with E-state index in [1.54, 1.807) is 28.4 Å². The zero-order valence-electron chi connectivity index (χ0n) is 16.5. The monoisotopic (exact) mass is 439 g/mol. The van der Waals surface area contributed by atoms with Crippen molar-refractivity contribution in [1.29, 1.82) is 0 Å². The first-order chi connectivity index (χ1) is 14.6. The van der Waals surface area contributed by atoms with Crippen LogP contribution in [0.15, 0.2) is 48.5 Å². The topological polar surface area (TPSA) is 53.5 Å². The molecule has 0 saturated carbocycles. The van der Waals surface area contributed by atoms with Gasteiger partial charge in [-0.2, -0.15) is 0 Å². The van der Waals surface area contributed by atoms with E-state index in [-0.39, 0.29) is 11.8 Å². The number of carbonyl (C=O) groups excluding carboxylic acids is 2. The van der Waals surface area contributed by atoms with Gasteiger partial charge in [0.2, 0.25) is 11.8 Å². The lowest BCUT2D eigenvalue weighted by Gasteiger charge is -2.32. The zero-order chi connectivity index (χ0) is 20.7. The molecule has 30 heavy (non-hydrogen) atoms. The fourth-order valence-corrected chi connectivity index (χ4v) is 5.68. The number of hydrogen-bond donors (Lipinski definition) is 0. The lowest BCUT2D eigenvalue weighted by atomic mass is 9.96. The predicted octanol–water partition coefficient (Wildman–Crippen LogP) is 4.71. The molecule has 3 aromatic rings. The molecule has 0 bridgehead atoms. The minimum atomic E-state index is -0.570. The van der Waals surface area contributed by atoms with E-state index in [1.807, 2.05) is 35.2 Å². The molecule has 2 saturated heterocycles. The fourth-order valence-electron chi connectivity index (χ4n) is 4.42. The number of anilines is 1. The SMILES string of the molecule is O=C(C1CCN(c2ccc(Cl)cc2)C1=O)N1CCC(c2nc3ccccc3s2)CC1. The van der Waals surface area contributed by atoms with Crippen LogP contribution >= 0.6 is 22.9 Å². The number of piperidine rings is 1. The molecule has 2 aliphatic heterocycles. The Kier molecular flexibility index (Phi) is 5.21. The van der Waals surface area contributed by atoms with Crippen LogP contribution in [0.4, 0.5) is 5.69 Å². The van der Waals surface area contributed by atoms with Crippen LogP contribution in [0.1, 0.15) is 30.2 Å². The number of carbonyl (C=O) groups is 2. The largest absolute Gasteiger partial charge is 0.342 e. The van der Waals surface area contributed by atoms with Crippen molar-refractivity contribution in [2.75, 3.05) is 24.5 Å². The molecule has 0 aliphatic carbocycles. The molecule has 2 amide bonds. The molecule has 2 aromatic carbocycles. The van der Waals surface area contributed by atoms with Crippen molar-refractivity contribution in [2.24, 2.45) is 5.92 Å². The first kappa shape index (κ1) is 19.5. The second kappa shape index (κ2) is 8.00. The standard InChI is InChI=1S/C23H22ClN3O2S/c24-16-5-7-17(8-6-16)27-14-11-18(23(27)29)22(28)26-12-9-15(10-13-26)21-25-19-3-1-2-4-20(19)30-21/h1-8,15,18H,9-14H2. The Morgan fingerprint density at radius 2 is 1.73 bits per heavy atom. The molecular formula is C23H22ClN3O2S. The van der Waals surface area contributed by atoms with E-state index >= 15 is 0 Å². The van der Waals surface area contributed by atoms with Gasteiger partial charge in [0.25, 0.3) is 0 Å². The lowest BCUT2D eigenvalue weighted by molar-refractivity contribution is -0.140. The summed E-state index contributed by atoms with van der Waals surface area (Å²) in [6.07, 6.45) is 2.36. The molecule has 1 atom stereocenters. The van der Waals surface area contributed by atoms with Crippen molar-refractivity contribution in [3.05, 3.63) is 58.6 Å². The first-order valence-corrected chi connectivity index (χ1v) is 11.5. The number of hydrogen-bond acceptors (Lipinski definition) is 4. The van der Waals surface area contributed by atoms with Gasteiger partial charge in [0.15, 0.2) is 0 Å². The number of para-hydroxylation sites is 1. The first-order valence-electron chi connectivity index (χ1n) is 10.3. The number of rotatable bonds is 3. The van der Waals surface area contributed by atoms with Gasteiger partial charge in [-0.05, 0) is 55.7 Å². The van der Waals surface area contributed by atoms with Gasteiger partial charge in [-0.15, -0.1) is 11.3 Å². The molecule has 0 radical (unpaired) electrons. The molecule has 1 aromatic heterocycles. The Morgan fingerprint density at radius 1 is 1.00 bits per heavy atom. The van der Waals surface area contributed by atoms with Crippen molar-refractivity contribution in [1.82, 2.24) is 9.88 Å². The van der Waals surface area contributed by atoms with Gasteiger partial charge < -0.3 is 9.80 Å². The molecule has 2 fully saturated rings. The van der Waals surface area contributed by atoms with Crippen LogP contribution in [0.5, 0.6) is 0 Å². The Labute approximate surface area is 184 Å². The summed E-state index contributed by atoms with van der Waals surface area (Å²) in [5.74, 6) is -0.314. The maximum Gasteiger partial charge on any atom is 0.239 e. The highest BCUT2D eigenvalue weighted by Gasteiger charge is 2.40. The van der Waals surface area contributed by atoms with Gasteiger partial charge in [-0.3, -0.25) is 9.59 Å². The van der Waals surface area contributed by atoms with Crippen LogP contribution in [0.3, 0.4) is 0 Å². The van der Waals surface area contributed by atoms with Gasteiger partial charge in [0.05, 0.1) is 15.2 Å². The van der Waals surface area contributed by atoms with Crippen molar-refractivity contribution in [2.45, 2.75) is 25.2 Å². The summed E-state index contributed by atoms with van der Waals surface area (Å²) in [5.41, 5.74) is 1.85. The minimum absolute atomic E-state index is 0.0285. The lowest BCUT2D eigenvalue weighted by Crippen LogP contribution is -2.43. The molecule has 1 unspecified atom stereocenters. The van der Waals surface area contributed by atoms with Crippen LogP contribution < -0.4 is 4.90 Å². The van der Waals surface area contributed by atoms with Crippen molar-refractivity contribution >= 4 is 50.7 Å². The summed E-state index contributed by atoms with van der Waals surface area (Å²) in [4.78, 5) is 34.3. The number of fused-ring (bicyclic) bond motifs is 1. The van der Waals surface area contributed by atoms with Crippen LogP contribution in [-0.4, -0.2) is 41.3 Å². The predicted molar refractivity (Wildman–Crippen MR) is 120 cm³/mol. The summed E-state index contributed by atoms with van der Waals surface area (Å²) in [5, 5.41) is 1.79. The maximum absolute atomic E-state index is 13.1. The molecule has 154 valence electrons. The molecule has 2 aliphatic rings. The highest BCUT2D eigenvalue weighted by Crippen LogP contribution is 2.35. The van der Waals surface area contributed by atoms with E-state index in [0.29, 0.717) is 37.0 Å². The molecule has 5 rings (SSSR count). The fraction of sp³-hybridized carbons (Fsp3) is 0.348. The van der Waals surface area contributed by atoms with Crippen LogP contribution in [-0.2, 0) is 9.59 Å². The maximum atomic E-state index is 13.1. The minimum Gasteiger partial charge on any atom is -0.342 e. The van der Waals surface area contributed by atoms with E-state index in [9.17, 15) is 9.59 Å². The van der Waals surface area contributed by atoms with Gasteiger partial charge in [0, 0.05) is 36.3 Å². The van der Waals surface area contributed by atoms with Crippen molar-refractivity contribution in [3.63, 3.8) is 0 Å².